The van der Waals surface area contributed by atoms with Crippen molar-refractivity contribution in [2.45, 2.75) is 13.5 Å². The maximum Gasteiger partial charge on any atom is 0.274 e. The van der Waals surface area contributed by atoms with Crippen LogP contribution < -0.4 is 5.32 Å². The van der Waals surface area contributed by atoms with Crippen molar-refractivity contribution >= 4 is 33.4 Å². The second-order valence-corrected chi connectivity index (χ2v) is 6.67. The van der Waals surface area contributed by atoms with Crippen LogP contribution in [0.2, 0.25) is 5.02 Å². The molecule has 128 valence electrons. The zero-order valence-corrected chi connectivity index (χ0v) is 15.5. The number of carbonyl (C=O) groups excluding carboxylic acids is 1. The Morgan fingerprint density at radius 1 is 1.28 bits per heavy atom. The van der Waals surface area contributed by atoms with Crippen molar-refractivity contribution in [1.82, 2.24) is 20.3 Å². The van der Waals surface area contributed by atoms with Crippen LogP contribution in [0, 0.1) is 12.7 Å². The molecule has 0 fully saturated rings. The largest absolute Gasteiger partial charge is 0.347 e. The topological polar surface area (TPSA) is 59.8 Å². The van der Waals surface area contributed by atoms with Gasteiger partial charge in [0.2, 0.25) is 0 Å². The highest BCUT2D eigenvalue weighted by molar-refractivity contribution is 9.10. The van der Waals surface area contributed by atoms with Gasteiger partial charge in [0.25, 0.3) is 5.91 Å². The van der Waals surface area contributed by atoms with Gasteiger partial charge in [-0.15, -0.1) is 5.10 Å². The summed E-state index contributed by atoms with van der Waals surface area (Å²) in [6, 6.07) is 11.8. The number of hydrogen-bond acceptors (Lipinski definition) is 3. The van der Waals surface area contributed by atoms with E-state index in [1.165, 1.54) is 12.1 Å². The molecule has 5 nitrogen and oxygen atoms in total. The summed E-state index contributed by atoms with van der Waals surface area (Å²) in [4.78, 5) is 12.3. The fraction of sp³-hybridized carbons (Fsp3) is 0.118. The minimum absolute atomic E-state index is 0.0177. The Balaban J connectivity index is 1.74. The Labute approximate surface area is 156 Å². The molecule has 0 atom stereocenters. The van der Waals surface area contributed by atoms with E-state index in [1.54, 1.807) is 17.7 Å². The van der Waals surface area contributed by atoms with Crippen molar-refractivity contribution in [2.75, 3.05) is 0 Å². The third-order valence-corrected chi connectivity index (χ3v) is 4.44. The Morgan fingerprint density at radius 3 is 2.68 bits per heavy atom. The molecule has 1 aromatic heterocycles. The highest BCUT2D eigenvalue weighted by Crippen LogP contribution is 2.17. The molecule has 8 heteroatoms. The van der Waals surface area contributed by atoms with Crippen molar-refractivity contribution in [3.8, 4) is 5.69 Å². The maximum atomic E-state index is 13.2. The summed E-state index contributed by atoms with van der Waals surface area (Å²) < 4.78 is 15.7. The van der Waals surface area contributed by atoms with Gasteiger partial charge in [-0.05, 0) is 48.9 Å². The van der Waals surface area contributed by atoms with E-state index in [-0.39, 0.29) is 23.2 Å². The monoisotopic (exact) mass is 422 g/mol. The summed E-state index contributed by atoms with van der Waals surface area (Å²) in [5.74, 6) is -0.855. The Kier molecular flexibility index (Phi) is 5.15. The number of carbonyl (C=O) groups is 1. The lowest BCUT2D eigenvalue weighted by Gasteiger charge is -2.06. The first kappa shape index (κ1) is 17.6. The smallest absolute Gasteiger partial charge is 0.274 e. The van der Waals surface area contributed by atoms with Crippen LogP contribution in [-0.2, 0) is 6.54 Å². The van der Waals surface area contributed by atoms with E-state index < -0.39 is 5.82 Å². The van der Waals surface area contributed by atoms with Crippen LogP contribution in [0.25, 0.3) is 5.69 Å². The molecule has 0 aliphatic carbocycles. The predicted octanol–water partition coefficient (Wildman–Crippen LogP) is 4.06. The molecule has 0 unspecified atom stereocenters. The third kappa shape index (κ3) is 3.88. The van der Waals surface area contributed by atoms with Crippen molar-refractivity contribution < 1.29 is 9.18 Å². The summed E-state index contributed by atoms with van der Waals surface area (Å²) in [6.45, 7) is 1.98. The molecule has 25 heavy (non-hydrogen) atoms. The van der Waals surface area contributed by atoms with Crippen molar-refractivity contribution in [1.29, 1.82) is 0 Å². The van der Waals surface area contributed by atoms with Gasteiger partial charge in [-0.25, -0.2) is 9.07 Å². The van der Waals surface area contributed by atoms with Crippen LogP contribution in [0.5, 0.6) is 0 Å². The molecular weight excluding hydrogens is 411 g/mol. The van der Waals surface area contributed by atoms with Gasteiger partial charge in [0.15, 0.2) is 5.69 Å². The van der Waals surface area contributed by atoms with Gasteiger partial charge in [0, 0.05) is 11.0 Å². The average molecular weight is 424 g/mol. The summed E-state index contributed by atoms with van der Waals surface area (Å²) in [6.07, 6.45) is 0. The summed E-state index contributed by atoms with van der Waals surface area (Å²) >= 11 is 9.11. The first-order valence-electron chi connectivity index (χ1n) is 7.36. The zero-order valence-electron chi connectivity index (χ0n) is 13.1. The highest BCUT2D eigenvalue weighted by atomic mass is 79.9. The van der Waals surface area contributed by atoms with Gasteiger partial charge < -0.3 is 5.32 Å². The van der Waals surface area contributed by atoms with Crippen LogP contribution in [0.4, 0.5) is 4.39 Å². The minimum atomic E-state index is -0.495. The summed E-state index contributed by atoms with van der Waals surface area (Å²) in [5.41, 5.74) is 2.35. The molecule has 0 bridgehead atoms. The first-order chi connectivity index (χ1) is 12.0. The van der Waals surface area contributed by atoms with Gasteiger partial charge >= 0.3 is 0 Å². The van der Waals surface area contributed by atoms with Gasteiger partial charge in [-0.2, -0.15) is 0 Å². The number of hydrogen-bond donors (Lipinski definition) is 1. The van der Waals surface area contributed by atoms with E-state index in [2.05, 4.69) is 31.6 Å². The maximum absolute atomic E-state index is 13.2. The first-order valence-corrected chi connectivity index (χ1v) is 8.53. The minimum Gasteiger partial charge on any atom is -0.347 e. The number of rotatable bonds is 4. The molecule has 0 saturated heterocycles. The van der Waals surface area contributed by atoms with E-state index in [1.807, 2.05) is 24.3 Å². The zero-order chi connectivity index (χ0) is 18.0. The number of benzene rings is 2. The van der Waals surface area contributed by atoms with Crippen LogP contribution in [0.1, 0.15) is 21.7 Å². The normalized spacial score (nSPS) is 10.7. The highest BCUT2D eigenvalue weighted by Gasteiger charge is 2.17. The van der Waals surface area contributed by atoms with Gasteiger partial charge in [0.1, 0.15) is 5.82 Å². The van der Waals surface area contributed by atoms with Crippen molar-refractivity contribution in [2.24, 2.45) is 0 Å². The Morgan fingerprint density at radius 2 is 2.00 bits per heavy atom. The molecule has 2 aromatic carbocycles. The summed E-state index contributed by atoms with van der Waals surface area (Å²) in [5, 5.41) is 10.7. The second kappa shape index (κ2) is 7.33. The van der Waals surface area contributed by atoms with E-state index in [9.17, 15) is 9.18 Å². The van der Waals surface area contributed by atoms with Crippen LogP contribution in [0.3, 0.4) is 0 Å². The molecule has 1 amide bonds. The standard InChI is InChI=1S/C17H13BrClFN4O/c1-10-16(22-23-24(10)13-5-3-12(18)4-6-13)17(25)21-9-11-2-7-15(20)14(19)8-11/h2-8H,9H2,1H3,(H,21,25). The van der Waals surface area contributed by atoms with Gasteiger partial charge in [-0.1, -0.05) is 38.8 Å². The molecule has 0 aliphatic heterocycles. The van der Waals surface area contributed by atoms with Crippen molar-refractivity contribution in [3.63, 3.8) is 0 Å². The molecule has 3 rings (SSSR count). The van der Waals surface area contributed by atoms with Gasteiger partial charge in [0.05, 0.1) is 16.4 Å². The molecule has 0 saturated carbocycles. The van der Waals surface area contributed by atoms with Crippen LogP contribution in [0.15, 0.2) is 46.9 Å². The van der Waals surface area contributed by atoms with Crippen LogP contribution in [-0.4, -0.2) is 20.9 Å². The number of amides is 1. The molecule has 1 heterocycles. The lowest BCUT2D eigenvalue weighted by molar-refractivity contribution is 0.0945. The Bertz CT molecular complexity index is 927. The number of nitrogens with zero attached hydrogens (tertiary/aromatic N) is 3. The molecule has 0 spiro atoms. The number of halogens is 3. The lowest BCUT2D eigenvalue weighted by atomic mass is 10.2. The molecule has 1 N–H and O–H groups in total. The molecule has 0 radical (unpaired) electrons. The number of aromatic nitrogens is 3. The fourth-order valence-corrected chi connectivity index (χ4v) is 2.75. The lowest BCUT2D eigenvalue weighted by Crippen LogP contribution is -2.24. The SMILES string of the molecule is Cc1c(C(=O)NCc2ccc(F)c(Cl)c2)nnn1-c1ccc(Br)cc1. The van der Waals surface area contributed by atoms with E-state index in [0.29, 0.717) is 11.3 Å². The fourth-order valence-electron chi connectivity index (χ4n) is 2.28. The molecular formula is C17H13BrClFN4O. The second-order valence-electron chi connectivity index (χ2n) is 5.34. The average Bonchev–Trinajstić information content (AvgIpc) is 2.98. The molecule has 3 aromatic rings. The third-order valence-electron chi connectivity index (χ3n) is 3.62. The van der Waals surface area contributed by atoms with E-state index in [4.69, 9.17) is 11.6 Å². The van der Waals surface area contributed by atoms with E-state index >= 15 is 0 Å². The Hall–Kier alpha value is -2.25. The summed E-state index contributed by atoms with van der Waals surface area (Å²) in [7, 11) is 0. The quantitative estimate of drug-likeness (QED) is 0.688. The van der Waals surface area contributed by atoms with E-state index in [0.717, 1.165) is 10.2 Å². The number of nitrogens with one attached hydrogen (secondary N) is 1. The predicted molar refractivity (Wildman–Crippen MR) is 96.4 cm³/mol. The van der Waals surface area contributed by atoms with Crippen molar-refractivity contribution in [3.05, 3.63) is 74.7 Å². The van der Waals surface area contributed by atoms with Gasteiger partial charge in [-0.3, -0.25) is 4.79 Å². The molecule has 0 aliphatic rings. The van der Waals surface area contributed by atoms with Crippen LogP contribution >= 0.6 is 27.5 Å².